The van der Waals surface area contributed by atoms with Gasteiger partial charge in [-0.3, -0.25) is 4.79 Å². The molecule has 1 aromatic heterocycles. The van der Waals surface area contributed by atoms with E-state index >= 15 is 0 Å². The molecule has 8 nitrogen and oxygen atoms in total. The standard InChI is InChI=1S/C21H24N2O4.C2HF3O2/c1-16-5-7-17(8-6-16)25-13-20(24)23-14-21(15-23)12-18(9-11-26-21)27-19-4-2-3-10-22-19;3-2(4,5)1(6)7/h2-8,10,18H,9,11-15H2,1H3;(H,6,7). The van der Waals surface area contributed by atoms with E-state index in [1.165, 1.54) is 0 Å². The molecule has 1 N–H and O–H groups in total. The van der Waals surface area contributed by atoms with E-state index in [4.69, 9.17) is 24.1 Å². The molecule has 1 spiro atoms. The summed E-state index contributed by atoms with van der Waals surface area (Å²) in [7, 11) is 0. The fraction of sp³-hybridized carbons (Fsp3) is 0.435. The SMILES string of the molecule is Cc1ccc(OCC(=O)N2CC3(CC(Oc4ccccn4)CCO3)C2)cc1.O=C(O)C(F)(F)F. The molecule has 2 aromatic rings. The summed E-state index contributed by atoms with van der Waals surface area (Å²) >= 11 is 0. The van der Waals surface area contributed by atoms with Gasteiger partial charge >= 0.3 is 12.1 Å². The van der Waals surface area contributed by atoms with Gasteiger partial charge in [0.15, 0.2) is 6.61 Å². The molecule has 2 fully saturated rings. The number of carboxylic acids is 1. The third-order valence-electron chi connectivity index (χ3n) is 5.31. The maximum atomic E-state index is 12.4. The van der Waals surface area contributed by atoms with Crippen molar-refractivity contribution in [3.63, 3.8) is 0 Å². The first-order chi connectivity index (χ1) is 16.1. The molecular formula is C23H25F3N2O6. The highest BCUT2D eigenvalue weighted by Crippen LogP contribution is 2.35. The predicted octanol–water partition coefficient (Wildman–Crippen LogP) is 3.24. The van der Waals surface area contributed by atoms with Crippen LogP contribution < -0.4 is 9.47 Å². The maximum Gasteiger partial charge on any atom is 0.490 e. The minimum Gasteiger partial charge on any atom is -0.484 e. The number of aromatic nitrogens is 1. The van der Waals surface area contributed by atoms with Crippen molar-refractivity contribution in [1.29, 1.82) is 0 Å². The van der Waals surface area contributed by atoms with Gasteiger partial charge in [-0.1, -0.05) is 23.8 Å². The summed E-state index contributed by atoms with van der Waals surface area (Å²) in [6.45, 7) is 3.88. The van der Waals surface area contributed by atoms with E-state index < -0.39 is 12.1 Å². The normalized spacial score (nSPS) is 18.8. The van der Waals surface area contributed by atoms with Crippen molar-refractivity contribution in [1.82, 2.24) is 9.88 Å². The van der Waals surface area contributed by atoms with Crippen molar-refractivity contribution < 1.29 is 42.1 Å². The predicted molar refractivity (Wildman–Crippen MR) is 114 cm³/mol. The lowest BCUT2D eigenvalue weighted by atomic mass is 9.84. The fourth-order valence-corrected chi connectivity index (χ4v) is 3.59. The first-order valence-corrected chi connectivity index (χ1v) is 10.6. The van der Waals surface area contributed by atoms with Gasteiger partial charge in [-0.15, -0.1) is 0 Å². The molecule has 3 heterocycles. The van der Waals surface area contributed by atoms with Crippen LogP contribution in [0.15, 0.2) is 48.7 Å². The number of hydrogen-bond acceptors (Lipinski definition) is 6. The Morgan fingerprint density at radius 3 is 2.47 bits per heavy atom. The van der Waals surface area contributed by atoms with Crippen molar-refractivity contribution in [2.24, 2.45) is 0 Å². The fourth-order valence-electron chi connectivity index (χ4n) is 3.59. The highest BCUT2D eigenvalue weighted by atomic mass is 19.4. The van der Waals surface area contributed by atoms with Gasteiger partial charge in [0.1, 0.15) is 17.5 Å². The Hall–Kier alpha value is -3.34. The van der Waals surface area contributed by atoms with Gasteiger partial charge in [0.25, 0.3) is 5.91 Å². The number of pyridine rings is 1. The van der Waals surface area contributed by atoms with Gasteiger partial charge in [-0.05, 0) is 25.1 Å². The second-order valence-corrected chi connectivity index (χ2v) is 8.09. The molecule has 2 aliphatic heterocycles. The third-order valence-corrected chi connectivity index (χ3v) is 5.31. The molecule has 0 radical (unpaired) electrons. The number of ether oxygens (including phenoxy) is 3. The number of carbonyl (C=O) groups excluding carboxylic acids is 1. The van der Waals surface area contributed by atoms with Crippen molar-refractivity contribution in [3.05, 3.63) is 54.2 Å². The van der Waals surface area contributed by atoms with E-state index in [1.54, 1.807) is 11.1 Å². The Morgan fingerprint density at radius 2 is 1.88 bits per heavy atom. The second kappa shape index (κ2) is 10.7. The lowest BCUT2D eigenvalue weighted by molar-refractivity contribution is -0.194. The highest BCUT2D eigenvalue weighted by molar-refractivity contribution is 5.79. The Labute approximate surface area is 194 Å². The quantitative estimate of drug-likeness (QED) is 0.699. The molecule has 1 amide bonds. The number of amides is 1. The number of halogens is 3. The summed E-state index contributed by atoms with van der Waals surface area (Å²) in [5.74, 6) is -1.43. The van der Waals surface area contributed by atoms with Gasteiger partial charge in [-0.25, -0.2) is 9.78 Å². The molecule has 184 valence electrons. The van der Waals surface area contributed by atoms with E-state index in [1.807, 2.05) is 49.4 Å². The topological polar surface area (TPSA) is 98.2 Å². The minimum absolute atomic E-state index is 0.0161. The Balaban J connectivity index is 0.000000406. The van der Waals surface area contributed by atoms with Crippen LogP contribution in [0.2, 0.25) is 0 Å². The monoisotopic (exact) mass is 482 g/mol. The van der Waals surface area contributed by atoms with Crippen LogP contribution in [0, 0.1) is 6.92 Å². The number of nitrogens with zero attached hydrogens (tertiary/aromatic N) is 2. The summed E-state index contributed by atoms with van der Waals surface area (Å²) in [5, 5.41) is 7.12. The molecule has 0 aliphatic carbocycles. The number of carboxylic acid groups (broad SMARTS) is 1. The van der Waals surface area contributed by atoms with Crippen LogP contribution in [0.3, 0.4) is 0 Å². The number of carbonyl (C=O) groups is 2. The molecule has 34 heavy (non-hydrogen) atoms. The van der Waals surface area contributed by atoms with Gasteiger partial charge in [0.2, 0.25) is 5.88 Å². The molecule has 2 saturated heterocycles. The van der Waals surface area contributed by atoms with Crippen molar-refractivity contribution >= 4 is 11.9 Å². The minimum atomic E-state index is -5.08. The van der Waals surface area contributed by atoms with Gasteiger partial charge in [0.05, 0.1) is 19.7 Å². The van der Waals surface area contributed by atoms with Gasteiger partial charge in [0, 0.05) is 25.1 Å². The van der Waals surface area contributed by atoms with Crippen LogP contribution in [-0.2, 0) is 14.3 Å². The number of hydrogen-bond donors (Lipinski definition) is 1. The van der Waals surface area contributed by atoms with Crippen LogP contribution in [-0.4, -0.2) is 71.1 Å². The average Bonchev–Trinajstić information content (AvgIpc) is 2.77. The van der Waals surface area contributed by atoms with Crippen LogP contribution in [0.5, 0.6) is 11.6 Å². The molecule has 0 saturated carbocycles. The molecule has 4 rings (SSSR count). The summed E-state index contributed by atoms with van der Waals surface area (Å²) in [6, 6.07) is 13.3. The van der Waals surface area contributed by atoms with E-state index in [0.29, 0.717) is 31.3 Å². The molecule has 2 aliphatic rings. The summed E-state index contributed by atoms with van der Waals surface area (Å²) < 4.78 is 49.3. The smallest absolute Gasteiger partial charge is 0.484 e. The van der Waals surface area contributed by atoms with Crippen molar-refractivity contribution in [3.8, 4) is 11.6 Å². The molecular weight excluding hydrogens is 457 g/mol. The van der Waals surface area contributed by atoms with Gasteiger partial charge in [-0.2, -0.15) is 13.2 Å². The van der Waals surface area contributed by atoms with Crippen LogP contribution >= 0.6 is 0 Å². The molecule has 1 unspecified atom stereocenters. The van der Waals surface area contributed by atoms with Crippen LogP contribution in [0.25, 0.3) is 0 Å². The summed E-state index contributed by atoms with van der Waals surface area (Å²) in [5.41, 5.74) is 0.868. The highest BCUT2D eigenvalue weighted by Gasteiger charge is 2.50. The van der Waals surface area contributed by atoms with Crippen LogP contribution in [0.1, 0.15) is 18.4 Å². The Morgan fingerprint density at radius 1 is 1.21 bits per heavy atom. The Bertz CT molecular complexity index is 963. The van der Waals surface area contributed by atoms with Gasteiger partial charge < -0.3 is 24.2 Å². The van der Waals surface area contributed by atoms with Crippen LogP contribution in [0.4, 0.5) is 13.2 Å². The zero-order valence-electron chi connectivity index (χ0n) is 18.5. The molecule has 1 atom stereocenters. The number of aryl methyl sites for hydroxylation is 1. The number of likely N-dealkylation sites (tertiary alicyclic amines) is 1. The number of rotatable bonds is 5. The first-order valence-electron chi connectivity index (χ1n) is 10.6. The van der Waals surface area contributed by atoms with E-state index in [9.17, 15) is 18.0 Å². The first kappa shape index (κ1) is 25.3. The molecule has 0 bridgehead atoms. The third kappa shape index (κ3) is 7.08. The van der Waals surface area contributed by atoms with E-state index in [0.717, 1.165) is 18.4 Å². The van der Waals surface area contributed by atoms with E-state index in [-0.39, 0.29) is 24.2 Å². The van der Waals surface area contributed by atoms with E-state index in [2.05, 4.69) is 4.98 Å². The largest absolute Gasteiger partial charge is 0.490 e. The maximum absolute atomic E-state index is 12.4. The second-order valence-electron chi connectivity index (χ2n) is 8.09. The number of benzene rings is 1. The summed E-state index contributed by atoms with van der Waals surface area (Å²) in [4.78, 5) is 27.3. The van der Waals surface area contributed by atoms with Crippen molar-refractivity contribution in [2.75, 3.05) is 26.3 Å². The average molecular weight is 482 g/mol. The number of aliphatic carboxylic acids is 1. The number of alkyl halides is 3. The molecule has 1 aromatic carbocycles. The zero-order chi connectivity index (χ0) is 24.8. The summed E-state index contributed by atoms with van der Waals surface area (Å²) in [6.07, 6.45) is -1.69. The Kier molecular flexibility index (Phi) is 7.98. The molecule has 11 heteroatoms. The lowest BCUT2D eigenvalue weighted by Crippen LogP contribution is -2.68. The van der Waals surface area contributed by atoms with Crippen molar-refractivity contribution in [2.45, 2.75) is 37.6 Å². The zero-order valence-corrected chi connectivity index (χ0v) is 18.5. The lowest BCUT2D eigenvalue weighted by Gasteiger charge is -2.52.